The van der Waals surface area contributed by atoms with Gasteiger partial charge in [-0.3, -0.25) is 4.79 Å². The number of aryl methyl sites for hydroxylation is 2. The molecule has 0 fully saturated rings. The van der Waals surface area contributed by atoms with E-state index in [0.717, 1.165) is 25.1 Å². The smallest absolute Gasteiger partial charge is 0.226 e. The van der Waals surface area contributed by atoms with Crippen LogP contribution in [0.4, 0.5) is 5.13 Å². The summed E-state index contributed by atoms with van der Waals surface area (Å²) in [4.78, 5) is 15.9. The lowest BCUT2D eigenvalue weighted by molar-refractivity contribution is -0.697. The molecule has 4 nitrogen and oxygen atoms in total. The first kappa shape index (κ1) is 13.7. The normalized spacial score (nSPS) is 10.4. The van der Waals surface area contributed by atoms with Gasteiger partial charge in [-0.05, 0) is 13.3 Å². The molecular weight excluding hydrogens is 258 g/mol. The monoisotopic (exact) mass is 276 g/mol. The first-order chi connectivity index (χ1) is 9.24. The molecule has 0 aromatic carbocycles. The molecule has 0 saturated heterocycles. The molecule has 2 heterocycles. The van der Waals surface area contributed by atoms with E-state index < -0.39 is 0 Å². The molecule has 0 aliphatic carbocycles. The van der Waals surface area contributed by atoms with Crippen LogP contribution in [0.5, 0.6) is 0 Å². The van der Waals surface area contributed by atoms with Gasteiger partial charge in [-0.15, -0.1) is 11.3 Å². The Bertz CT molecular complexity index is 524. The molecule has 2 aromatic rings. The molecule has 0 radical (unpaired) electrons. The zero-order chi connectivity index (χ0) is 13.5. The fourth-order valence-electron chi connectivity index (χ4n) is 1.76. The number of nitrogens with one attached hydrogen (secondary N) is 1. The van der Waals surface area contributed by atoms with E-state index in [2.05, 4.69) is 14.9 Å². The van der Waals surface area contributed by atoms with Crippen LogP contribution in [0.15, 0.2) is 36.0 Å². The number of pyridine rings is 1. The van der Waals surface area contributed by atoms with Crippen molar-refractivity contribution in [2.45, 2.75) is 32.7 Å². The van der Waals surface area contributed by atoms with Gasteiger partial charge in [0.05, 0.1) is 5.69 Å². The first-order valence-electron chi connectivity index (χ1n) is 6.40. The second-order valence-corrected chi connectivity index (χ2v) is 5.27. The Hall–Kier alpha value is -1.75. The molecule has 0 atom stereocenters. The van der Waals surface area contributed by atoms with Gasteiger partial charge in [-0.25, -0.2) is 9.55 Å². The van der Waals surface area contributed by atoms with Gasteiger partial charge in [0.1, 0.15) is 6.54 Å². The number of carbonyl (C=O) groups excluding carboxylic acids is 1. The Morgan fingerprint density at radius 1 is 1.32 bits per heavy atom. The second kappa shape index (κ2) is 6.99. The quantitative estimate of drug-likeness (QED) is 0.651. The maximum Gasteiger partial charge on any atom is 0.226 e. The van der Waals surface area contributed by atoms with Crippen molar-refractivity contribution >= 4 is 22.4 Å². The number of hydrogen-bond donors (Lipinski definition) is 1. The maximum absolute atomic E-state index is 11.7. The minimum atomic E-state index is 0.0485. The van der Waals surface area contributed by atoms with Gasteiger partial charge in [0, 0.05) is 30.4 Å². The molecule has 5 heteroatoms. The van der Waals surface area contributed by atoms with Crippen LogP contribution >= 0.6 is 11.3 Å². The predicted molar refractivity (Wildman–Crippen MR) is 76.0 cm³/mol. The van der Waals surface area contributed by atoms with Gasteiger partial charge in [-0.1, -0.05) is 6.07 Å². The van der Waals surface area contributed by atoms with E-state index in [1.165, 1.54) is 11.3 Å². The average Bonchev–Trinajstić information content (AvgIpc) is 2.81. The molecule has 0 aliphatic heterocycles. The summed E-state index contributed by atoms with van der Waals surface area (Å²) in [6, 6.07) is 6.02. The van der Waals surface area contributed by atoms with Crippen molar-refractivity contribution in [3.8, 4) is 0 Å². The minimum absolute atomic E-state index is 0.0485. The van der Waals surface area contributed by atoms with Gasteiger partial charge in [0.2, 0.25) is 5.91 Å². The predicted octanol–water partition coefficient (Wildman–Crippen LogP) is 2.55. The molecule has 2 aromatic heterocycles. The van der Waals surface area contributed by atoms with Gasteiger partial charge in [0.15, 0.2) is 17.5 Å². The number of aromatic nitrogens is 2. The fraction of sp³-hybridized carbons (Fsp3) is 0.357. The molecular formula is C14H18N3OS+. The van der Waals surface area contributed by atoms with Crippen LogP contribution < -0.4 is 9.88 Å². The summed E-state index contributed by atoms with van der Waals surface area (Å²) in [7, 11) is 0. The van der Waals surface area contributed by atoms with Crippen LogP contribution in [0.2, 0.25) is 0 Å². The third-order valence-corrected chi connectivity index (χ3v) is 3.59. The number of unbranched alkanes of at least 4 members (excludes halogenated alkanes) is 1. The van der Waals surface area contributed by atoms with E-state index >= 15 is 0 Å². The van der Waals surface area contributed by atoms with Gasteiger partial charge in [-0.2, -0.15) is 0 Å². The summed E-state index contributed by atoms with van der Waals surface area (Å²) in [6.07, 6.45) is 6.51. The topological polar surface area (TPSA) is 45.9 Å². The standard InChI is InChI=1S/C14H17N3OS/c1-12-11-19-14(15-12)16-13(18)7-3-6-10-17-8-4-2-5-9-17/h2,4-5,8-9,11H,3,6-7,10H2,1H3/p+1. The van der Waals surface area contributed by atoms with E-state index in [-0.39, 0.29) is 5.91 Å². The molecule has 0 bridgehead atoms. The van der Waals surface area contributed by atoms with Crippen LogP contribution in [0.25, 0.3) is 0 Å². The van der Waals surface area contributed by atoms with Crippen LogP contribution in [-0.4, -0.2) is 10.9 Å². The lowest BCUT2D eigenvalue weighted by atomic mass is 10.2. The highest BCUT2D eigenvalue weighted by Crippen LogP contribution is 2.14. The Labute approximate surface area is 117 Å². The highest BCUT2D eigenvalue weighted by molar-refractivity contribution is 7.13. The molecule has 0 spiro atoms. The highest BCUT2D eigenvalue weighted by Gasteiger charge is 2.06. The van der Waals surface area contributed by atoms with Crippen molar-refractivity contribution in [1.29, 1.82) is 0 Å². The van der Waals surface area contributed by atoms with Crippen molar-refractivity contribution in [2.24, 2.45) is 0 Å². The number of hydrogen-bond acceptors (Lipinski definition) is 3. The summed E-state index contributed by atoms with van der Waals surface area (Å²) in [5, 5.41) is 5.45. The van der Waals surface area contributed by atoms with Gasteiger partial charge in [0.25, 0.3) is 0 Å². The van der Waals surface area contributed by atoms with Gasteiger partial charge >= 0.3 is 0 Å². The fourth-order valence-corrected chi connectivity index (χ4v) is 2.46. The first-order valence-corrected chi connectivity index (χ1v) is 7.28. The summed E-state index contributed by atoms with van der Waals surface area (Å²) >= 11 is 1.47. The zero-order valence-electron chi connectivity index (χ0n) is 11.0. The Morgan fingerprint density at radius 2 is 2.11 bits per heavy atom. The lowest BCUT2D eigenvalue weighted by Crippen LogP contribution is -2.32. The van der Waals surface area contributed by atoms with E-state index in [4.69, 9.17) is 0 Å². The van der Waals surface area contributed by atoms with E-state index in [1.54, 1.807) is 0 Å². The van der Waals surface area contributed by atoms with Crippen LogP contribution in [0.1, 0.15) is 25.0 Å². The van der Waals surface area contributed by atoms with Crippen molar-refractivity contribution in [3.63, 3.8) is 0 Å². The van der Waals surface area contributed by atoms with E-state index in [1.807, 2.05) is 42.9 Å². The SMILES string of the molecule is Cc1csc(NC(=O)CCCC[n+]2ccccc2)n1. The number of amides is 1. The number of thiazole rings is 1. The molecule has 1 amide bonds. The molecule has 2 rings (SSSR count). The summed E-state index contributed by atoms with van der Waals surface area (Å²) in [5.41, 5.74) is 0.945. The average molecular weight is 276 g/mol. The molecule has 0 saturated carbocycles. The third kappa shape index (κ3) is 4.79. The van der Waals surface area contributed by atoms with Crippen molar-refractivity contribution in [1.82, 2.24) is 4.98 Å². The summed E-state index contributed by atoms with van der Waals surface area (Å²) < 4.78 is 2.13. The maximum atomic E-state index is 11.7. The highest BCUT2D eigenvalue weighted by atomic mass is 32.1. The second-order valence-electron chi connectivity index (χ2n) is 4.41. The molecule has 100 valence electrons. The zero-order valence-corrected chi connectivity index (χ0v) is 11.8. The minimum Gasteiger partial charge on any atom is -0.302 e. The van der Waals surface area contributed by atoms with E-state index in [9.17, 15) is 4.79 Å². The number of anilines is 1. The number of nitrogens with zero attached hydrogens (tertiary/aromatic N) is 2. The Balaban J connectivity index is 1.64. The summed E-state index contributed by atoms with van der Waals surface area (Å²) in [6.45, 7) is 2.87. The molecule has 0 unspecified atom stereocenters. The van der Waals surface area contributed by atoms with Crippen LogP contribution in [0, 0.1) is 6.92 Å². The Kier molecular flexibility index (Phi) is 5.03. The Morgan fingerprint density at radius 3 is 2.79 bits per heavy atom. The number of rotatable bonds is 6. The van der Waals surface area contributed by atoms with Crippen LogP contribution in [0.3, 0.4) is 0 Å². The molecule has 0 aliphatic rings. The van der Waals surface area contributed by atoms with Crippen molar-refractivity contribution in [2.75, 3.05) is 5.32 Å². The lowest BCUT2D eigenvalue weighted by Gasteiger charge is -2.00. The van der Waals surface area contributed by atoms with Crippen molar-refractivity contribution in [3.05, 3.63) is 41.7 Å². The van der Waals surface area contributed by atoms with Crippen LogP contribution in [-0.2, 0) is 11.3 Å². The third-order valence-electron chi connectivity index (χ3n) is 2.71. The van der Waals surface area contributed by atoms with Crippen molar-refractivity contribution < 1.29 is 9.36 Å². The number of carbonyl (C=O) groups is 1. The summed E-state index contributed by atoms with van der Waals surface area (Å²) in [5.74, 6) is 0.0485. The molecule has 19 heavy (non-hydrogen) atoms. The largest absolute Gasteiger partial charge is 0.302 e. The van der Waals surface area contributed by atoms with E-state index in [0.29, 0.717) is 11.6 Å². The van der Waals surface area contributed by atoms with Gasteiger partial charge < -0.3 is 5.32 Å². The molecule has 1 N–H and O–H groups in total.